The summed E-state index contributed by atoms with van der Waals surface area (Å²) in [5.74, 6) is -0.00887. The maximum atomic E-state index is 11.6. The predicted molar refractivity (Wildman–Crippen MR) is 62.2 cm³/mol. The SMILES string of the molecule is CCN1CCN(CC2(C(=O)OC)CC2)CC1. The summed E-state index contributed by atoms with van der Waals surface area (Å²) in [5.41, 5.74) is -0.150. The lowest BCUT2D eigenvalue weighted by molar-refractivity contribution is -0.148. The zero-order valence-electron chi connectivity index (χ0n) is 10.4. The molecule has 1 aliphatic carbocycles. The Morgan fingerprint density at radius 1 is 1.19 bits per heavy atom. The number of methoxy groups -OCH3 is 1. The Bertz CT molecular complexity index is 256. The first-order chi connectivity index (χ1) is 7.70. The summed E-state index contributed by atoms with van der Waals surface area (Å²) in [4.78, 5) is 16.5. The van der Waals surface area contributed by atoms with Crippen LogP contribution in [0.2, 0.25) is 0 Å². The van der Waals surface area contributed by atoms with Crippen molar-refractivity contribution in [1.29, 1.82) is 0 Å². The predicted octanol–water partition coefficient (Wildman–Crippen LogP) is 0.577. The van der Waals surface area contributed by atoms with E-state index in [9.17, 15) is 4.79 Å². The second kappa shape index (κ2) is 4.72. The molecule has 0 N–H and O–H groups in total. The first-order valence-corrected chi connectivity index (χ1v) is 6.23. The van der Waals surface area contributed by atoms with Crippen molar-refractivity contribution in [3.05, 3.63) is 0 Å². The number of esters is 1. The minimum Gasteiger partial charge on any atom is -0.469 e. The second-order valence-corrected chi connectivity index (χ2v) is 4.98. The summed E-state index contributed by atoms with van der Waals surface area (Å²) in [6.45, 7) is 8.68. The summed E-state index contributed by atoms with van der Waals surface area (Å²) in [7, 11) is 1.50. The van der Waals surface area contributed by atoms with Crippen LogP contribution < -0.4 is 0 Å². The maximum Gasteiger partial charge on any atom is 0.313 e. The third-order valence-corrected chi connectivity index (χ3v) is 3.91. The van der Waals surface area contributed by atoms with Crippen LogP contribution in [-0.2, 0) is 9.53 Å². The van der Waals surface area contributed by atoms with Gasteiger partial charge < -0.3 is 9.64 Å². The molecule has 0 aromatic carbocycles. The van der Waals surface area contributed by atoms with E-state index >= 15 is 0 Å². The highest BCUT2D eigenvalue weighted by Crippen LogP contribution is 2.47. The van der Waals surface area contributed by atoms with Gasteiger partial charge in [0.1, 0.15) is 0 Å². The topological polar surface area (TPSA) is 32.8 Å². The van der Waals surface area contributed by atoms with Crippen molar-refractivity contribution in [2.24, 2.45) is 5.41 Å². The summed E-state index contributed by atoms with van der Waals surface area (Å²) >= 11 is 0. The molecule has 4 nitrogen and oxygen atoms in total. The van der Waals surface area contributed by atoms with Crippen LogP contribution in [0.3, 0.4) is 0 Å². The summed E-state index contributed by atoms with van der Waals surface area (Å²) in [6, 6.07) is 0. The molecule has 16 heavy (non-hydrogen) atoms. The average molecular weight is 226 g/mol. The summed E-state index contributed by atoms with van der Waals surface area (Å²) in [6.07, 6.45) is 2.02. The quantitative estimate of drug-likeness (QED) is 0.656. The van der Waals surface area contributed by atoms with Crippen LogP contribution in [0.5, 0.6) is 0 Å². The molecule has 4 heteroatoms. The molecule has 0 radical (unpaired) electrons. The molecular weight excluding hydrogens is 204 g/mol. The van der Waals surface area contributed by atoms with Gasteiger partial charge in [0, 0.05) is 32.7 Å². The van der Waals surface area contributed by atoms with Crippen LogP contribution in [-0.4, -0.2) is 62.1 Å². The molecule has 92 valence electrons. The minimum atomic E-state index is -0.150. The lowest BCUT2D eigenvalue weighted by Crippen LogP contribution is -2.48. The first-order valence-electron chi connectivity index (χ1n) is 6.23. The van der Waals surface area contributed by atoms with Crippen molar-refractivity contribution in [3.8, 4) is 0 Å². The van der Waals surface area contributed by atoms with Crippen LogP contribution in [0.25, 0.3) is 0 Å². The van der Waals surface area contributed by atoms with Crippen molar-refractivity contribution >= 4 is 5.97 Å². The molecule has 1 saturated heterocycles. The first kappa shape index (κ1) is 11.9. The van der Waals surface area contributed by atoms with Crippen LogP contribution in [0, 0.1) is 5.41 Å². The fourth-order valence-corrected chi connectivity index (χ4v) is 2.49. The second-order valence-electron chi connectivity index (χ2n) is 4.98. The highest BCUT2D eigenvalue weighted by molar-refractivity contribution is 5.80. The highest BCUT2D eigenvalue weighted by Gasteiger charge is 2.52. The van der Waals surface area contributed by atoms with Gasteiger partial charge in [-0.15, -0.1) is 0 Å². The van der Waals surface area contributed by atoms with E-state index in [0.717, 1.165) is 52.1 Å². The Kier molecular flexibility index (Phi) is 3.50. The molecule has 0 aromatic rings. The van der Waals surface area contributed by atoms with E-state index in [4.69, 9.17) is 4.74 Å². The van der Waals surface area contributed by atoms with Gasteiger partial charge in [0.25, 0.3) is 0 Å². The molecule has 2 aliphatic rings. The van der Waals surface area contributed by atoms with E-state index < -0.39 is 0 Å². The zero-order valence-corrected chi connectivity index (χ0v) is 10.4. The van der Waals surface area contributed by atoms with E-state index in [1.54, 1.807) is 0 Å². The molecular formula is C12H22N2O2. The lowest BCUT2D eigenvalue weighted by Gasteiger charge is -2.35. The van der Waals surface area contributed by atoms with Crippen LogP contribution in [0.4, 0.5) is 0 Å². The molecule has 0 spiro atoms. The third kappa shape index (κ3) is 2.38. The zero-order chi connectivity index (χ0) is 11.6. The Hall–Kier alpha value is -0.610. The Morgan fingerprint density at radius 2 is 1.75 bits per heavy atom. The van der Waals surface area contributed by atoms with E-state index in [0.29, 0.717) is 0 Å². The van der Waals surface area contributed by atoms with Gasteiger partial charge in [-0.3, -0.25) is 9.69 Å². The lowest BCUT2D eigenvalue weighted by atomic mass is 10.1. The van der Waals surface area contributed by atoms with Gasteiger partial charge in [-0.05, 0) is 19.4 Å². The van der Waals surface area contributed by atoms with Crippen LogP contribution in [0.15, 0.2) is 0 Å². The van der Waals surface area contributed by atoms with Crippen LogP contribution in [0.1, 0.15) is 19.8 Å². The molecule has 1 aliphatic heterocycles. The van der Waals surface area contributed by atoms with Crippen molar-refractivity contribution in [3.63, 3.8) is 0 Å². The van der Waals surface area contributed by atoms with Gasteiger partial charge in [-0.1, -0.05) is 6.92 Å². The fourth-order valence-electron chi connectivity index (χ4n) is 2.49. The Morgan fingerprint density at radius 3 is 2.19 bits per heavy atom. The van der Waals surface area contributed by atoms with Gasteiger partial charge in [0.15, 0.2) is 0 Å². The monoisotopic (exact) mass is 226 g/mol. The molecule has 0 atom stereocenters. The van der Waals surface area contributed by atoms with Crippen molar-refractivity contribution in [2.45, 2.75) is 19.8 Å². The number of rotatable bonds is 4. The van der Waals surface area contributed by atoms with Crippen molar-refractivity contribution < 1.29 is 9.53 Å². The van der Waals surface area contributed by atoms with Gasteiger partial charge in [-0.2, -0.15) is 0 Å². The average Bonchev–Trinajstić information content (AvgIpc) is 3.10. The molecule has 0 aromatic heterocycles. The van der Waals surface area contributed by atoms with Crippen molar-refractivity contribution in [1.82, 2.24) is 9.80 Å². The highest BCUT2D eigenvalue weighted by atomic mass is 16.5. The molecule has 0 amide bonds. The number of piperazine rings is 1. The Balaban J connectivity index is 1.81. The number of hydrogen-bond acceptors (Lipinski definition) is 4. The van der Waals surface area contributed by atoms with E-state index in [1.807, 2.05) is 0 Å². The fraction of sp³-hybridized carbons (Fsp3) is 0.917. The minimum absolute atomic E-state index is 0.00887. The number of likely N-dealkylation sites (N-methyl/N-ethyl adjacent to an activating group) is 1. The number of nitrogens with zero attached hydrogens (tertiary/aromatic N) is 2. The summed E-state index contributed by atoms with van der Waals surface area (Å²) < 4.78 is 4.89. The number of carbonyl (C=O) groups is 1. The van der Waals surface area contributed by atoms with Gasteiger partial charge in [-0.25, -0.2) is 0 Å². The van der Waals surface area contributed by atoms with Crippen LogP contribution >= 0.6 is 0 Å². The maximum absolute atomic E-state index is 11.6. The van der Waals surface area contributed by atoms with E-state index in [-0.39, 0.29) is 11.4 Å². The number of carbonyl (C=O) groups excluding carboxylic acids is 1. The molecule has 2 fully saturated rings. The molecule has 0 bridgehead atoms. The Labute approximate surface area is 97.5 Å². The largest absolute Gasteiger partial charge is 0.469 e. The number of hydrogen-bond donors (Lipinski definition) is 0. The third-order valence-electron chi connectivity index (χ3n) is 3.91. The molecule has 0 unspecified atom stereocenters. The number of ether oxygens (including phenoxy) is 1. The standard InChI is InChI=1S/C12H22N2O2/c1-3-13-6-8-14(9-7-13)10-12(4-5-12)11(15)16-2/h3-10H2,1-2H3. The molecule has 2 rings (SSSR count). The van der Waals surface area contributed by atoms with Gasteiger partial charge >= 0.3 is 5.97 Å². The van der Waals surface area contributed by atoms with Gasteiger partial charge in [0.05, 0.1) is 12.5 Å². The normalized spacial score (nSPS) is 25.4. The molecule has 1 saturated carbocycles. The van der Waals surface area contributed by atoms with Gasteiger partial charge in [0.2, 0.25) is 0 Å². The molecule has 1 heterocycles. The van der Waals surface area contributed by atoms with E-state index in [2.05, 4.69) is 16.7 Å². The summed E-state index contributed by atoms with van der Waals surface area (Å²) in [5, 5.41) is 0. The van der Waals surface area contributed by atoms with Crippen molar-refractivity contribution in [2.75, 3.05) is 46.4 Å². The smallest absolute Gasteiger partial charge is 0.313 e. The van der Waals surface area contributed by atoms with E-state index in [1.165, 1.54) is 7.11 Å².